The molecule has 0 spiro atoms. The van der Waals surface area contributed by atoms with Gasteiger partial charge in [-0.1, -0.05) is 6.08 Å². The van der Waals surface area contributed by atoms with Crippen LogP contribution in [0, 0.1) is 0 Å². The number of nitrogens with one attached hydrogen (secondary N) is 1. The first-order valence-electron chi connectivity index (χ1n) is 2.73. The summed E-state index contributed by atoms with van der Waals surface area (Å²) in [5, 5.41) is 2.80. The lowest BCUT2D eigenvalue weighted by Crippen LogP contribution is -2.33. The van der Waals surface area contributed by atoms with Gasteiger partial charge in [0, 0.05) is 0 Å². The molecule has 0 unspecified atom stereocenters. The molecule has 1 aliphatic heterocycles. The Morgan fingerprint density at radius 1 is 1.60 bits per heavy atom. The number of allylic oxidation sites excluding steroid dienone is 1. The molecular weight excluding hydrogens is 134 g/mol. The van der Waals surface area contributed by atoms with Gasteiger partial charge in [-0.3, -0.25) is 10.1 Å². The Morgan fingerprint density at radius 3 is 2.40 bits per heavy atom. The summed E-state index contributed by atoms with van der Waals surface area (Å²) in [4.78, 5) is 21.3. The zero-order valence-electron chi connectivity index (χ0n) is 5.42. The van der Waals surface area contributed by atoms with Gasteiger partial charge in [0.15, 0.2) is 0 Å². The van der Waals surface area contributed by atoms with E-state index in [9.17, 15) is 9.59 Å². The summed E-state index contributed by atoms with van der Waals surface area (Å²) in [6, 6.07) is -0.585. The molecule has 1 heterocycles. The molecular formula is C5H7N3O2. The van der Waals surface area contributed by atoms with E-state index in [4.69, 9.17) is 5.84 Å². The first kappa shape index (κ1) is 6.76. The first-order valence-corrected chi connectivity index (χ1v) is 2.73. The summed E-state index contributed by atoms with van der Waals surface area (Å²) >= 11 is 0. The minimum absolute atomic E-state index is 0.185. The Bertz CT molecular complexity index is 221. The number of hydrogen-bond acceptors (Lipinski definition) is 3. The molecule has 1 saturated heterocycles. The predicted octanol–water partition coefficient (Wildman–Crippen LogP) is -0.684. The molecule has 10 heavy (non-hydrogen) atoms. The maximum Gasteiger partial charge on any atom is 0.343 e. The van der Waals surface area contributed by atoms with Crippen LogP contribution in [0.1, 0.15) is 6.92 Å². The van der Waals surface area contributed by atoms with Gasteiger partial charge >= 0.3 is 6.03 Å². The highest BCUT2D eigenvalue weighted by Crippen LogP contribution is 2.05. The monoisotopic (exact) mass is 141 g/mol. The number of rotatable bonds is 0. The highest BCUT2D eigenvalue weighted by atomic mass is 16.2. The molecule has 0 aliphatic carbocycles. The highest BCUT2D eigenvalue weighted by molar-refractivity contribution is 6.11. The molecule has 0 aromatic carbocycles. The van der Waals surface area contributed by atoms with Crippen LogP contribution in [0.15, 0.2) is 11.8 Å². The second kappa shape index (κ2) is 2.11. The lowest BCUT2D eigenvalue weighted by molar-refractivity contribution is -0.116. The van der Waals surface area contributed by atoms with Gasteiger partial charge in [0.2, 0.25) is 0 Å². The fraction of sp³-hybridized carbons (Fsp3) is 0.200. The fourth-order valence-electron chi connectivity index (χ4n) is 0.710. The molecule has 5 nitrogen and oxygen atoms in total. The van der Waals surface area contributed by atoms with E-state index in [1.54, 1.807) is 6.92 Å². The number of carbonyl (C=O) groups is 2. The molecule has 54 valence electrons. The van der Waals surface area contributed by atoms with Crippen LogP contribution >= 0.6 is 0 Å². The zero-order chi connectivity index (χ0) is 7.72. The van der Waals surface area contributed by atoms with Gasteiger partial charge in [-0.25, -0.2) is 15.6 Å². The van der Waals surface area contributed by atoms with E-state index in [0.29, 0.717) is 0 Å². The van der Waals surface area contributed by atoms with Crippen molar-refractivity contribution in [3.8, 4) is 0 Å². The molecule has 0 aromatic heterocycles. The van der Waals surface area contributed by atoms with Crippen molar-refractivity contribution in [1.82, 2.24) is 10.3 Å². The van der Waals surface area contributed by atoms with E-state index in [-0.39, 0.29) is 5.70 Å². The van der Waals surface area contributed by atoms with Crippen molar-refractivity contribution in [3.63, 3.8) is 0 Å². The Balaban J connectivity index is 2.95. The van der Waals surface area contributed by atoms with Crippen molar-refractivity contribution in [1.29, 1.82) is 0 Å². The highest BCUT2D eigenvalue weighted by Gasteiger charge is 2.29. The Morgan fingerprint density at radius 2 is 2.20 bits per heavy atom. The Hall–Kier alpha value is -1.36. The van der Waals surface area contributed by atoms with Crippen LogP contribution in [0.4, 0.5) is 4.79 Å². The van der Waals surface area contributed by atoms with Crippen molar-refractivity contribution < 1.29 is 9.59 Å². The van der Waals surface area contributed by atoms with E-state index in [2.05, 4.69) is 0 Å². The van der Waals surface area contributed by atoms with Crippen molar-refractivity contribution in [2.24, 2.45) is 5.84 Å². The number of nitrogens with two attached hydrogens (primary N) is 1. The van der Waals surface area contributed by atoms with Gasteiger partial charge in [-0.05, 0) is 6.92 Å². The summed E-state index contributed by atoms with van der Waals surface area (Å²) in [7, 11) is 0. The summed E-state index contributed by atoms with van der Waals surface area (Å²) in [5.41, 5.74) is 0.185. The average molecular weight is 141 g/mol. The third-order valence-electron chi connectivity index (χ3n) is 1.20. The van der Waals surface area contributed by atoms with Crippen LogP contribution in [0.3, 0.4) is 0 Å². The number of imide groups is 1. The minimum atomic E-state index is -0.585. The molecule has 5 heteroatoms. The lowest BCUT2D eigenvalue weighted by Gasteiger charge is -2.03. The molecule has 0 aromatic rings. The van der Waals surface area contributed by atoms with E-state index < -0.39 is 11.9 Å². The minimum Gasteiger partial charge on any atom is -0.271 e. The van der Waals surface area contributed by atoms with Crippen LogP contribution in [0.2, 0.25) is 0 Å². The number of amides is 3. The van der Waals surface area contributed by atoms with Gasteiger partial charge in [-0.15, -0.1) is 0 Å². The van der Waals surface area contributed by atoms with Crippen molar-refractivity contribution >= 4 is 11.9 Å². The number of hydrogen-bond donors (Lipinski definition) is 2. The molecule has 3 amide bonds. The van der Waals surface area contributed by atoms with Gasteiger partial charge in [0.1, 0.15) is 5.70 Å². The van der Waals surface area contributed by atoms with E-state index in [1.807, 2.05) is 5.32 Å². The third-order valence-corrected chi connectivity index (χ3v) is 1.20. The first-order chi connectivity index (χ1) is 4.66. The molecule has 0 atom stereocenters. The van der Waals surface area contributed by atoms with Crippen LogP contribution < -0.4 is 11.2 Å². The maximum atomic E-state index is 10.7. The van der Waals surface area contributed by atoms with E-state index >= 15 is 0 Å². The molecule has 0 bridgehead atoms. The van der Waals surface area contributed by atoms with Crippen LogP contribution in [0.5, 0.6) is 0 Å². The Labute approximate surface area is 57.4 Å². The smallest absolute Gasteiger partial charge is 0.271 e. The molecule has 1 aliphatic rings. The van der Waals surface area contributed by atoms with Gasteiger partial charge in [0.25, 0.3) is 5.91 Å². The van der Waals surface area contributed by atoms with E-state index in [0.717, 1.165) is 5.01 Å². The molecule has 0 radical (unpaired) electrons. The van der Waals surface area contributed by atoms with Gasteiger partial charge < -0.3 is 0 Å². The summed E-state index contributed by atoms with van der Waals surface area (Å²) < 4.78 is 0. The van der Waals surface area contributed by atoms with Crippen LogP contribution in [-0.2, 0) is 4.79 Å². The van der Waals surface area contributed by atoms with Crippen LogP contribution in [0.25, 0.3) is 0 Å². The Kier molecular flexibility index (Phi) is 1.42. The normalized spacial score (nSPS) is 22.2. The topological polar surface area (TPSA) is 75.4 Å². The second-order valence-electron chi connectivity index (χ2n) is 1.80. The number of carbonyl (C=O) groups excluding carboxylic acids is 2. The number of urea groups is 1. The average Bonchev–Trinajstić information content (AvgIpc) is 2.09. The molecule has 3 N–H and O–H groups in total. The largest absolute Gasteiger partial charge is 0.343 e. The lowest BCUT2D eigenvalue weighted by atomic mass is 10.4. The quantitative estimate of drug-likeness (QED) is 0.203. The molecule has 1 rings (SSSR count). The summed E-state index contributed by atoms with van der Waals surface area (Å²) in [5.74, 6) is 4.71. The van der Waals surface area contributed by atoms with Crippen molar-refractivity contribution in [2.75, 3.05) is 0 Å². The van der Waals surface area contributed by atoms with Gasteiger partial charge in [0.05, 0.1) is 0 Å². The number of hydrazine groups is 1. The summed E-state index contributed by atoms with van der Waals surface area (Å²) in [6.07, 6.45) is 1.47. The zero-order valence-corrected chi connectivity index (χ0v) is 5.42. The number of nitrogens with zero attached hydrogens (tertiary/aromatic N) is 1. The molecule has 1 fully saturated rings. The van der Waals surface area contributed by atoms with Crippen LogP contribution in [-0.4, -0.2) is 16.9 Å². The SMILES string of the molecule is CC=C1C(=O)NC(=O)N1N. The maximum absolute atomic E-state index is 10.7. The predicted molar refractivity (Wildman–Crippen MR) is 33.3 cm³/mol. The fourth-order valence-corrected chi connectivity index (χ4v) is 0.710. The van der Waals surface area contributed by atoms with E-state index in [1.165, 1.54) is 6.08 Å². The second-order valence-corrected chi connectivity index (χ2v) is 1.80. The van der Waals surface area contributed by atoms with Crippen molar-refractivity contribution in [3.05, 3.63) is 11.8 Å². The van der Waals surface area contributed by atoms with Gasteiger partial charge in [-0.2, -0.15) is 0 Å². The molecule has 0 saturated carbocycles. The third kappa shape index (κ3) is 0.763. The van der Waals surface area contributed by atoms with Crippen molar-refractivity contribution in [2.45, 2.75) is 6.92 Å². The summed E-state index contributed by atoms with van der Waals surface area (Å²) in [6.45, 7) is 1.63. The standard InChI is InChI=1S/C5H7N3O2/c1-2-3-4(9)7-5(10)8(3)6/h2H,6H2,1H3,(H,7,9,10).